The normalized spacial score (nSPS) is 17.2. The minimum absolute atomic E-state index is 0.0667. The van der Waals surface area contributed by atoms with Crippen LogP contribution < -0.4 is 10.0 Å². The lowest BCUT2D eigenvalue weighted by atomic mass is 10.0. The van der Waals surface area contributed by atoms with E-state index in [-0.39, 0.29) is 16.8 Å². The molecule has 1 amide bonds. The molecule has 5 nitrogen and oxygen atoms in total. The van der Waals surface area contributed by atoms with Crippen LogP contribution in [0.4, 0.5) is 0 Å². The maximum Gasteiger partial charge on any atom is 0.251 e. The monoisotopic (exact) mass is 404 g/mol. The summed E-state index contributed by atoms with van der Waals surface area (Å²) >= 11 is 1.79. The third-order valence-electron chi connectivity index (χ3n) is 4.11. The van der Waals surface area contributed by atoms with E-state index in [9.17, 15) is 13.2 Å². The molecule has 0 aromatic heterocycles. The highest BCUT2D eigenvalue weighted by molar-refractivity contribution is 7.99. The molecule has 2 aromatic carbocycles. The second-order valence-corrected chi connectivity index (χ2v) is 10.4. The molecular formula is C20H24N2O3S2. The van der Waals surface area contributed by atoms with Gasteiger partial charge in [0.15, 0.2) is 0 Å². The van der Waals surface area contributed by atoms with Gasteiger partial charge in [-0.05, 0) is 57.0 Å². The van der Waals surface area contributed by atoms with Crippen LogP contribution in [0, 0.1) is 0 Å². The highest BCUT2D eigenvalue weighted by atomic mass is 32.2. The van der Waals surface area contributed by atoms with Crippen LogP contribution in [0.5, 0.6) is 0 Å². The number of rotatable bonds is 4. The molecule has 0 fully saturated rings. The maximum absolute atomic E-state index is 12.8. The standard InChI is InChI=1S/C20H24N2O3S2/c1-20(2,3)22-27(24,25)15-8-6-7-14(13-15)19(23)21-17-11-12-26-18-10-5-4-9-16(17)18/h4-10,13,17,22H,11-12H2,1-3H3,(H,21,23)/t17-/m0/s1. The van der Waals surface area contributed by atoms with Crippen LogP contribution in [0.3, 0.4) is 0 Å². The van der Waals surface area contributed by atoms with Crippen LogP contribution in [-0.4, -0.2) is 25.6 Å². The first-order valence-electron chi connectivity index (χ1n) is 8.82. The predicted octanol–water partition coefficient (Wildman–Crippen LogP) is 3.73. The van der Waals surface area contributed by atoms with Crippen molar-refractivity contribution in [3.63, 3.8) is 0 Å². The van der Waals surface area contributed by atoms with Crippen molar-refractivity contribution in [1.82, 2.24) is 10.0 Å². The second kappa shape index (κ2) is 7.66. The van der Waals surface area contributed by atoms with Crippen molar-refractivity contribution >= 4 is 27.7 Å². The lowest BCUT2D eigenvalue weighted by molar-refractivity contribution is 0.0934. The second-order valence-electron chi connectivity index (χ2n) is 7.58. The van der Waals surface area contributed by atoms with E-state index in [4.69, 9.17) is 0 Å². The Bertz CT molecular complexity index is 950. The van der Waals surface area contributed by atoms with Gasteiger partial charge in [-0.25, -0.2) is 13.1 Å². The van der Waals surface area contributed by atoms with Gasteiger partial charge in [-0.2, -0.15) is 0 Å². The Kier molecular flexibility index (Phi) is 5.65. The summed E-state index contributed by atoms with van der Waals surface area (Å²) in [4.78, 5) is 14.0. The smallest absolute Gasteiger partial charge is 0.251 e. The summed E-state index contributed by atoms with van der Waals surface area (Å²) in [5.41, 5.74) is 0.850. The SMILES string of the molecule is CC(C)(C)NS(=O)(=O)c1cccc(C(=O)N[C@H]2CCSc3ccccc32)c1. The summed E-state index contributed by atoms with van der Waals surface area (Å²) in [6.45, 7) is 5.33. The molecule has 0 radical (unpaired) electrons. The van der Waals surface area contributed by atoms with Gasteiger partial charge in [0.25, 0.3) is 5.91 Å². The fraction of sp³-hybridized carbons (Fsp3) is 0.350. The summed E-state index contributed by atoms with van der Waals surface area (Å²) in [6, 6.07) is 14.1. The predicted molar refractivity (Wildman–Crippen MR) is 109 cm³/mol. The van der Waals surface area contributed by atoms with Crippen LogP contribution in [0.1, 0.15) is 49.2 Å². The number of amides is 1. The van der Waals surface area contributed by atoms with E-state index in [1.807, 2.05) is 18.2 Å². The number of benzene rings is 2. The van der Waals surface area contributed by atoms with Crippen molar-refractivity contribution in [2.24, 2.45) is 0 Å². The topological polar surface area (TPSA) is 75.3 Å². The van der Waals surface area contributed by atoms with E-state index in [2.05, 4.69) is 16.1 Å². The molecule has 0 aliphatic carbocycles. The Hall–Kier alpha value is -1.83. The van der Waals surface area contributed by atoms with Crippen LogP contribution >= 0.6 is 11.8 Å². The first-order valence-corrected chi connectivity index (χ1v) is 11.3. The van der Waals surface area contributed by atoms with Gasteiger partial charge in [-0.3, -0.25) is 4.79 Å². The first-order chi connectivity index (χ1) is 12.7. The quantitative estimate of drug-likeness (QED) is 0.814. The number of fused-ring (bicyclic) bond motifs is 1. The van der Waals surface area contributed by atoms with Gasteiger partial charge in [0, 0.05) is 21.8 Å². The number of nitrogens with one attached hydrogen (secondary N) is 2. The fourth-order valence-corrected chi connectivity index (χ4v) is 5.59. The number of thioether (sulfide) groups is 1. The highest BCUT2D eigenvalue weighted by Gasteiger charge is 2.25. The Morgan fingerprint density at radius 3 is 2.59 bits per heavy atom. The van der Waals surface area contributed by atoms with Crippen molar-refractivity contribution in [2.45, 2.75) is 48.6 Å². The molecule has 0 bridgehead atoms. The molecule has 1 aliphatic heterocycles. The van der Waals surface area contributed by atoms with Gasteiger partial charge in [-0.1, -0.05) is 24.3 Å². The van der Waals surface area contributed by atoms with E-state index in [0.717, 1.165) is 17.7 Å². The van der Waals surface area contributed by atoms with Gasteiger partial charge in [0.1, 0.15) is 0 Å². The molecule has 7 heteroatoms. The molecule has 0 saturated heterocycles. The van der Waals surface area contributed by atoms with E-state index in [1.165, 1.54) is 17.0 Å². The minimum Gasteiger partial charge on any atom is -0.345 e. The largest absolute Gasteiger partial charge is 0.345 e. The summed E-state index contributed by atoms with van der Waals surface area (Å²) in [6.07, 6.45) is 0.844. The summed E-state index contributed by atoms with van der Waals surface area (Å²) in [5.74, 6) is 0.667. The molecule has 2 aromatic rings. The minimum atomic E-state index is -3.69. The molecule has 0 spiro atoms. The number of carbonyl (C=O) groups excluding carboxylic acids is 1. The first kappa shape index (κ1) is 19.9. The van der Waals surface area contributed by atoms with Crippen molar-refractivity contribution < 1.29 is 13.2 Å². The average molecular weight is 405 g/mol. The molecule has 2 N–H and O–H groups in total. The highest BCUT2D eigenvalue weighted by Crippen LogP contribution is 2.35. The van der Waals surface area contributed by atoms with Crippen molar-refractivity contribution in [2.75, 3.05) is 5.75 Å². The molecular weight excluding hydrogens is 380 g/mol. The van der Waals surface area contributed by atoms with E-state index in [1.54, 1.807) is 44.7 Å². The van der Waals surface area contributed by atoms with Crippen LogP contribution in [0.25, 0.3) is 0 Å². The Balaban J connectivity index is 1.81. The fourth-order valence-electron chi connectivity index (χ4n) is 3.00. The molecule has 0 unspecified atom stereocenters. The van der Waals surface area contributed by atoms with Gasteiger partial charge >= 0.3 is 0 Å². The van der Waals surface area contributed by atoms with Gasteiger partial charge < -0.3 is 5.32 Å². The Morgan fingerprint density at radius 1 is 1.11 bits per heavy atom. The molecule has 0 saturated carbocycles. The molecule has 144 valence electrons. The zero-order valence-corrected chi connectivity index (χ0v) is 17.3. The van der Waals surface area contributed by atoms with Crippen molar-refractivity contribution in [3.05, 3.63) is 59.7 Å². The summed E-state index contributed by atoms with van der Waals surface area (Å²) < 4.78 is 27.7. The summed E-state index contributed by atoms with van der Waals surface area (Å²) in [5, 5.41) is 3.05. The molecule has 1 aliphatic rings. The molecule has 27 heavy (non-hydrogen) atoms. The zero-order chi connectivity index (χ0) is 19.7. The van der Waals surface area contributed by atoms with Crippen LogP contribution in [0.15, 0.2) is 58.3 Å². The molecule has 1 atom stereocenters. The maximum atomic E-state index is 12.8. The summed E-state index contributed by atoms with van der Waals surface area (Å²) in [7, 11) is -3.69. The van der Waals surface area contributed by atoms with Crippen molar-refractivity contribution in [1.29, 1.82) is 0 Å². The van der Waals surface area contributed by atoms with Gasteiger partial charge in [0.2, 0.25) is 10.0 Å². The number of hydrogen-bond donors (Lipinski definition) is 2. The average Bonchev–Trinajstić information content (AvgIpc) is 2.60. The zero-order valence-electron chi connectivity index (χ0n) is 15.7. The van der Waals surface area contributed by atoms with Gasteiger partial charge in [-0.15, -0.1) is 11.8 Å². The lowest BCUT2D eigenvalue weighted by Gasteiger charge is -2.26. The van der Waals surface area contributed by atoms with Crippen molar-refractivity contribution in [3.8, 4) is 0 Å². The number of hydrogen-bond acceptors (Lipinski definition) is 4. The molecule has 3 rings (SSSR count). The lowest BCUT2D eigenvalue weighted by Crippen LogP contribution is -2.40. The third-order valence-corrected chi connectivity index (χ3v) is 6.99. The van der Waals surface area contributed by atoms with Crippen LogP contribution in [0.2, 0.25) is 0 Å². The Morgan fingerprint density at radius 2 is 1.85 bits per heavy atom. The Labute approximate surface area is 165 Å². The number of carbonyl (C=O) groups is 1. The molecule has 1 heterocycles. The van der Waals surface area contributed by atoms with E-state index < -0.39 is 15.6 Å². The third kappa shape index (κ3) is 4.91. The number of sulfonamides is 1. The van der Waals surface area contributed by atoms with Crippen LogP contribution in [-0.2, 0) is 10.0 Å². The van der Waals surface area contributed by atoms with E-state index in [0.29, 0.717) is 5.56 Å². The van der Waals surface area contributed by atoms with Gasteiger partial charge in [0.05, 0.1) is 10.9 Å². The van der Waals surface area contributed by atoms with E-state index >= 15 is 0 Å².